The summed E-state index contributed by atoms with van der Waals surface area (Å²) >= 11 is 0. The van der Waals surface area contributed by atoms with Crippen LogP contribution in [0.2, 0.25) is 0 Å². The van der Waals surface area contributed by atoms with E-state index >= 15 is 0 Å². The molecule has 11 rings (SSSR count). The van der Waals surface area contributed by atoms with Crippen molar-refractivity contribution in [2.45, 2.75) is 51.4 Å². The molecule has 0 N–H and O–H groups in total. The Morgan fingerprint density at radius 1 is 0.446 bits per heavy atom. The van der Waals surface area contributed by atoms with Crippen LogP contribution >= 0.6 is 0 Å². The summed E-state index contributed by atoms with van der Waals surface area (Å²) in [4.78, 5) is 0. The van der Waals surface area contributed by atoms with Gasteiger partial charge < -0.3 is 0 Å². The zero-order valence-electron chi connectivity index (χ0n) is 32.1. The number of benzene rings is 4. The maximum absolute atomic E-state index is 2.55. The van der Waals surface area contributed by atoms with Crippen LogP contribution in [0.15, 0.2) is 192 Å². The molecule has 4 aromatic rings. The third-order valence-corrected chi connectivity index (χ3v) is 13.7. The molecule has 0 amide bonds. The molecule has 0 heteroatoms. The summed E-state index contributed by atoms with van der Waals surface area (Å²) in [6.45, 7) is 0. The van der Waals surface area contributed by atoms with Gasteiger partial charge in [0.05, 0.1) is 0 Å². The van der Waals surface area contributed by atoms with Crippen LogP contribution in [-0.4, -0.2) is 0 Å². The van der Waals surface area contributed by atoms with Crippen molar-refractivity contribution in [2.24, 2.45) is 23.7 Å². The monoisotopic (exact) mass is 720 g/mol. The summed E-state index contributed by atoms with van der Waals surface area (Å²) in [7, 11) is 0. The van der Waals surface area contributed by atoms with Gasteiger partial charge in [0.25, 0.3) is 0 Å². The van der Waals surface area contributed by atoms with Gasteiger partial charge in [-0.25, -0.2) is 0 Å². The number of rotatable bonds is 5. The van der Waals surface area contributed by atoms with Crippen LogP contribution in [0.25, 0.3) is 43.8 Å². The molecule has 272 valence electrons. The summed E-state index contributed by atoms with van der Waals surface area (Å²) in [6.07, 6.45) is 47.4. The topological polar surface area (TPSA) is 0 Å². The van der Waals surface area contributed by atoms with Crippen LogP contribution in [0.3, 0.4) is 0 Å². The third-order valence-electron chi connectivity index (χ3n) is 13.7. The average molecular weight is 721 g/mol. The van der Waals surface area contributed by atoms with Crippen molar-refractivity contribution in [3.8, 4) is 0 Å². The first-order valence-corrected chi connectivity index (χ1v) is 21.1. The van der Waals surface area contributed by atoms with E-state index in [2.05, 4.69) is 170 Å². The second-order valence-electron chi connectivity index (χ2n) is 16.7. The number of hydrogen-bond donors (Lipinski definition) is 0. The van der Waals surface area contributed by atoms with E-state index in [0.29, 0.717) is 23.7 Å². The Kier molecular flexibility index (Phi) is 8.46. The van der Waals surface area contributed by atoms with Crippen LogP contribution in [0.4, 0.5) is 0 Å². The predicted octanol–water partition coefficient (Wildman–Crippen LogP) is 12.9. The van der Waals surface area contributed by atoms with Crippen molar-refractivity contribution in [1.29, 1.82) is 0 Å². The molecule has 7 aliphatic carbocycles. The molecule has 0 saturated carbocycles. The van der Waals surface area contributed by atoms with Crippen molar-refractivity contribution in [2.75, 3.05) is 0 Å². The van der Waals surface area contributed by atoms with Crippen LogP contribution < -0.4 is 10.4 Å². The quantitative estimate of drug-likeness (QED) is 0.180. The molecule has 0 fully saturated rings. The lowest BCUT2D eigenvalue weighted by molar-refractivity contribution is 0.449. The standard InChI is InChI=1S/C56H48/c1-2-17-38(18-3-1)53-45-22-8-10-24-47(45)54(48-25-11-9-23-46(48)53)39-31-33-40(34-32-39)55-49-26-12-14-28-51(49)56(52-29-15-13-27-50(52)55)44-21-7-6-20-43(44)42-35-30-37-16-4-5-19-41(37)36-42/h1-2,5-15,17,19,21-31,33,35,42-43,49,51H,3-4,16,18,20,32,34,36H2. The van der Waals surface area contributed by atoms with Gasteiger partial charge >= 0.3 is 0 Å². The normalized spacial score (nSPS) is 25.1. The Balaban J connectivity index is 1.05. The molecule has 0 radical (unpaired) electrons. The summed E-state index contributed by atoms with van der Waals surface area (Å²) in [6, 6.07) is 27.7. The minimum Gasteiger partial charge on any atom is -0.0842 e. The highest BCUT2D eigenvalue weighted by molar-refractivity contribution is 6.16. The molecule has 0 aromatic heterocycles. The van der Waals surface area contributed by atoms with Gasteiger partial charge in [-0.3, -0.25) is 0 Å². The SMILES string of the molecule is C1=CCCC(c2c3ccccc3c(C3=CC=C(C4=c5ccccc5=C(C5=CC=CCC5C5C=CC6=C(C=CCC6)C5)C5C=CC=CC45)CC3)c3ccccc23)=C1. The lowest BCUT2D eigenvalue weighted by atomic mass is 9.64. The fourth-order valence-corrected chi connectivity index (χ4v) is 11.2. The summed E-state index contributed by atoms with van der Waals surface area (Å²) in [5, 5.41) is 8.36. The number of allylic oxidation sites excluding steroid dienone is 22. The third kappa shape index (κ3) is 5.56. The number of fused-ring (bicyclic) bond motifs is 4. The van der Waals surface area contributed by atoms with E-state index in [1.807, 2.05) is 0 Å². The molecule has 56 heavy (non-hydrogen) atoms. The fourth-order valence-electron chi connectivity index (χ4n) is 11.2. The van der Waals surface area contributed by atoms with Crippen LogP contribution in [-0.2, 0) is 0 Å². The van der Waals surface area contributed by atoms with Gasteiger partial charge in [0.2, 0.25) is 0 Å². The van der Waals surface area contributed by atoms with Gasteiger partial charge in [-0.05, 0) is 151 Å². The van der Waals surface area contributed by atoms with E-state index in [0.717, 1.165) is 38.5 Å². The van der Waals surface area contributed by atoms with Gasteiger partial charge in [-0.15, -0.1) is 0 Å². The molecule has 0 saturated heterocycles. The van der Waals surface area contributed by atoms with E-state index in [-0.39, 0.29) is 0 Å². The van der Waals surface area contributed by atoms with Crippen molar-refractivity contribution >= 4 is 43.8 Å². The van der Waals surface area contributed by atoms with Crippen LogP contribution in [0.5, 0.6) is 0 Å². The van der Waals surface area contributed by atoms with Gasteiger partial charge in [0.15, 0.2) is 0 Å². The molecule has 4 atom stereocenters. The predicted molar refractivity (Wildman–Crippen MR) is 239 cm³/mol. The first kappa shape index (κ1) is 33.6. The van der Waals surface area contributed by atoms with Crippen molar-refractivity contribution in [1.82, 2.24) is 0 Å². The Morgan fingerprint density at radius 3 is 1.73 bits per heavy atom. The molecule has 0 nitrogen and oxygen atoms in total. The minimum atomic E-state index is 0.315. The van der Waals surface area contributed by atoms with E-state index < -0.39 is 0 Å². The molecule has 0 aliphatic heterocycles. The number of hydrogen-bond acceptors (Lipinski definition) is 0. The van der Waals surface area contributed by atoms with E-state index in [1.54, 1.807) is 22.3 Å². The molecular formula is C56H48. The van der Waals surface area contributed by atoms with Crippen molar-refractivity contribution in [3.63, 3.8) is 0 Å². The van der Waals surface area contributed by atoms with Gasteiger partial charge in [0.1, 0.15) is 0 Å². The van der Waals surface area contributed by atoms with Gasteiger partial charge in [0, 0.05) is 11.8 Å². The highest BCUT2D eigenvalue weighted by atomic mass is 14.4. The average Bonchev–Trinajstić information content (AvgIpc) is 3.27. The maximum atomic E-state index is 2.55. The second kappa shape index (κ2) is 14.1. The molecule has 4 unspecified atom stereocenters. The van der Waals surface area contributed by atoms with Gasteiger partial charge in [-0.1, -0.05) is 170 Å². The Hall–Kier alpha value is -5.72. The Morgan fingerprint density at radius 2 is 1.05 bits per heavy atom. The smallest absolute Gasteiger partial charge is 0.0134 e. The minimum absolute atomic E-state index is 0.315. The summed E-state index contributed by atoms with van der Waals surface area (Å²) in [5.41, 5.74) is 15.0. The molecule has 0 spiro atoms. The highest BCUT2D eigenvalue weighted by Crippen LogP contribution is 2.49. The molecule has 0 heterocycles. The largest absolute Gasteiger partial charge is 0.0842 e. The first-order valence-electron chi connectivity index (χ1n) is 21.1. The Bertz CT molecular complexity index is 2750. The van der Waals surface area contributed by atoms with E-state index in [4.69, 9.17) is 0 Å². The lowest BCUT2D eigenvalue weighted by Gasteiger charge is -2.39. The van der Waals surface area contributed by atoms with E-state index in [1.165, 1.54) is 78.2 Å². The maximum Gasteiger partial charge on any atom is 0.0134 e. The second-order valence-corrected chi connectivity index (χ2v) is 16.7. The van der Waals surface area contributed by atoms with E-state index in [9.17, 15) is 0 Å². The molecular weight excluding hydrogens is 673 g/mol. The zero-order valence-corrected chi connectivity index (χ0v) is 32.1. The first-order chi connectivity index (χ1) is 27.8. The van der Waals surface area contributed by atoms with Crippen LogP contribution in [0, 0.1) is 23.7 Å². The molecule has 7 aliphatic rings. The van der Waals surface area contributed by atoms with Crippen molar-refractivity contribution in [3.05, 3.63) is 214 Å². The Labute approximate surface area is 331 Å². The fraction of sp³-hybridized carbons (Fsp3) is 0.214. The molecule has 0 bridgehead atoms. The zero-order chi connectivity index (χ0) is 37.0. The lowest BCUT2D eigenvalue weighted by Crippen LogP contribution is -2.41. The van der Waals surface area contributed by atoms with Crippen molar-refractivity contribution < 1.29 is 0 Å². The summed E-state index contributed by atoms with van der Waals surface area (Å²) in [5.74, 6) is 1.63. The summed E-state index contributed by atoms with van der Waals surface area (Å²) < 4.78 is 0. The van der Waals surface area contributed by atoms with Gasteiger partial charge in [-0.2, -0.15) is 0 Å². The van der Waals surface area contributed by atoms with Crippen LogP contribution in [0.1, 0.15) is 62.5 Å². The highest BCUT2D eigenvalue weighted by Gasteiger charge is 2.37. The molecule has 4 aromatic carbocycles.